The molecule has 0 aliphatic carbocycles. The maximum Gasteiger partial charge on any atom is 0.419 e. The highest BCUT2D eigenvalue weighted by molar-refractivity contribution is 8.23. The molecule has 0 aliphatic rings. The van der Waals surface area contributed by atoms with Gasteiger partial charge in [-0.15, -0.1) is 0 Å². The molecule has 0 heterocycles. The molecule has 0 fully saturated rings. The summed E-state index contributed by atoms with van der Waals surface area (Å²) in [5, 5.41) is 1.38. The van der Waals surface area contributed by atoms with Crippen LogP contribution in [0.3, 0.4) is 0 Å². The molecule has 0 rings (SSSR count). The number of halogens is 4. The lowest BCUT2D eigenvalue weighted by Crippen LogP contribution is -2.38. The number of amides is 1. The molecular formula is C13H21F4NO3S2. The fourth-order valence-corrected chi connectivity index (χ4v) is 2.75. The Morgan fingerprint density at radius 2 is 1.87 bits per heavy atom. The van der Waals surface area contributed by atoms with Crippen molar-refractivity contribution >= 4 is 34.5 Å². The molecule has 2 unspecified atom stereocenters. The van der Waals surface area contributed by atoms with Gasteiger partial charge in [0.15, 0.2) is 6.17 Å². The van der Waals surface area contributed by atoms with Crippen LogP contribution in [0.1, 0.15) is 34.1 Å². The minimum Gasteiger partial charge on any atom is -0.479 e. The average molecular weight is 379 g/mol. The summed E-state index contributed by atoms with van der Waals surface area (Å²) >= 11 is 5.61. The molecule has 2 atom stereocenters. The number of alkyl carbamates (subject to hydrolysis) is 1. The van der Waals surface area contributed by atoms with Crippen molar-refractivity contribution in [3.05, 3.63) is 0 Å². The van der Waals surface area contributed by atoms with Crippen molar-refractivity contribution in [1.29, 1.82) is 0 Å². The van der Waals surface area contributed by atoms with Gasteiger partial charge in [0.1, 0.15) is 5.60 Å². The predicted octanol–water partition coefficient (Wildman–Crippen LogP) is 4.22. The Kier molecular flexibility index (Phi) is 9.19. The standard InChI is InChI=1S/C13H21F4NO3S2/c1-5-20-11(22)23-8(6-9(14)13(15,16)17)7-18-10(19)21-12(2,3)4/h8-9H,5-7H2,1-4H3,(H,18,19). The Bertz CT molecular complexity index is 400. The predicted molar refractivity (Wildman–Crippen MR) is 85.4 cm³/mol. The minimum atomic E-state index is -4.96. The van der Waals surface area contributed by atoms with Crippen LogP contribution < -0.4 is 5.32 Å². The van der Waals surface area contributed by atoms with Crippen molar-refractivity contribution in [2.45, 2.75) is 57.3 Å². The lowest BCUT2D eigenvalue weighted by atomic mass is 10.2. The summed E-state index contributed by atoms with van der Waals surface area (Å²) in [5.74, 6) is 0. The molecule has 0 aromatic carbocycles. The SMILES string of the molecule is CCOC(=S)SC(CNC(=O)OC(C)(C)C)CC(F)C(F)(F)F. The number of hydrogen-bond acceptors (Lipinski definition) is 5. The molecule has 1 amide bonds. The molecule has 0 spiro atoms. The van der Waals surface area contributed by atoms with Crippen LogP contribution in [0.25, 0.3) is 0 Å². The molecule has 23 heavy (non-hydrogen) atoms. The number of ether oxygens (including phenoxy) is 2. The van der Waals surface area contributed by atoms with E-state index in [9.17, 15) is 22.4 Å². The maximum absolute atomic E-state index is 13.2. The fourth-order valence-electron chi connectivity index (χ4n) is 1.34. The van der Waals surface area contributed by atoms with Gasteiger partial charge in [-0.3, -0.25) is 0 Å². The molecule has 0 aromatic rings. The van der Waals surface area contributed by atoms with E-state index in [1.165, 1.54) is 0 Å². The second-order valence-electron chi connectivity index (χ2n) is 5.55. The largest absolute Gasteiger partial charge is 0.479 e. The quantitative estimate of drug-likeness (QED) is 0.553. The zero-order valence-corrected chi connectivity index (χ0v) is 15.0. The van der Waals surface area contributed by atoms with E-state index in [0.717, 1.165) is 11.8 Å². The topological polar surface area (TPSA) is 47.6 Å². The number of nitrogens with one attached hydrogen (secondary N) is 1. The van der Waals surface area contributed by atoms with Gasteiger partial charge in [0.2, 0.25) is 4.38 Å². The van der Waals surface area contributed by atoms with Gasteiger partial charge in [0.25, 0.3) is 0 Å². The smallest absolute Gasteiger partial charge is 0.419 e. The molecule has 0 bridgehead atoms. The molecule has 0 aromatic heterocycles. The first-order valence-electron chi connectivity index (χ1n) is 6.86. The van der Waals surface area contributed by atoms with Crippen LogP contribution >= 0.6 is 24.0 Å². The summed E-state index contributed by atoms with van der Waals surface area (Å²) in [6, 6.07) is 0. The number of carbonyl (C=O) groups excluding carboxylic acids is 1. The number of carbonyl (C=O) groups is 1. The van der Waals surface area contributed by atoms with Gasteiger partial charge in [-0.25, -0.2) is 9.18 Å². The average Bonchev–Trinajstić information content (AvgIpc) is 2.32. The van der Waals surface area contributed by atoms with Crippen LogP contribution in [-0.2, 0) is 9.47 Å². The molecule has 0 aliphatic heterocycles. The molecule has 0 radical (unpaired) electrons. The third kappa shape index (κ3) is 11.4. The van der Waals surface area contributed by atoms with E-state index in [-0.39, 0.29) is 17.5 Å². The summed E-state index contributed by atoms with van der Waals surface area (Å²) in [6.45, 7) is 6.60. The normalized spacial score (nSPS) is 14.8. The van der Waals surface area contributed by atoms with E-state index < -0.39 is 35.7 Å². The first-order valence-corrected chi connectivity index (χ1v) is 8.15. The van der Waals surface area contributed by atoms with Gasteiger partial charge in [0.05, 0.1) is 6.61 Å². The van der Waals surface area contributed by atoms with Crippen LogP contribution in [-0.4, -0.2) is 46.8 Å². The van der Waals surface area contributed by atoms with Crippen LogP contribution in [0.4, 0.5) is 22.4 Å². The van der Waals surface area contributed by atoms with E-state index in [1.54, 1.807) is 27.7 Å². The van der Waals surface area contributed by atoms with E-state index >= 15 is 0 Å². The molecule has 10 heteroatoms. The van der Waals surface area contributed by atoms with Crippen molar-refractivity contribution in [2.75, 3.05) is 13.2 Å². The number of rotatable bonds is 6. The lowest BCUT2D eigenvalue weighted by molar-refractivity contribution is -0.181. The Morgan fingerprint density at radius 1 is 1.30 bits per heavy atom. The van der Waals surface area contributed by atoms with Gasteiger partial charge in [-0.05, 0) is 39.9 Å². The Morgan fingerprint density at radius 3 is 2.30 bits per heavy atom. The Hall–Kier alpha value is -0.770. The number of thiocarbonyl (C=S) groups is 1. The van der Waals surface area contributed by atoms with Gasteiger partial charge >= 0.3 is 12.3 Å². The molecule has 0 saturated heterocycles. The highest BCUT2D eigenvalue weighted by Crippen LogP contribution is 2.30. The third-order valence-corrected chi connectivity index (χ3v) is 3.63. The maximum atomic E-state index is 13.2. The highest BCUT2D eigenvalue weighted by Gasteiger charge is 2.41. The zero-order chi connectivity index (χ0) is 18.3. The summed E-state index contributed by atoms with van der Waals surface area (Å²) in [6.07, 6.45) is -9.62. The molecule has 4 nitrogen and oxygen atoms in total. The van der Waals surface area contributed by atoms with Crippen LogP contribution in [0.5, 0.6) is 0 Å². The Labute approximate surface area is 142 Å². The van der Waals surface area contributed by atoms with Gasteiger partial charge in [-0.2, -0.15) is 13.2 Å². The van der Waals surface area contributed by atoms with Crippen molar-refractivity contribution in [3.63, 3.8) is 0 Å². The van der Waals surface area contributed by atoms with Crippen LogP contribution in [0.2, 0.25) is 0 Å². The van der Waals surface area contributed by atoms with Crippen molar-refractivity contribution in [1.82, 2.24) is 5.32 Å². The van der Waals surface area contributed by atoms with E-state index in [2.05, 4.69) is 5.32 Å². The monoisotopic (exact) mass is 379 g/mol. The van der Waals surface area contributed by atoms with Crippen LogP contribution in [0, 0.1) is 0 Å². The zero-order valence-electron chi connectivity index (χ0n) is 13.3. The van der Waals surface area contributed by atoms with Crippen LogP contribution in [0.15, 0.2) is 0 Å². The molecule has 1 N–H and O–H groups in total. The van der Waals surface area contributed by atoms with Crippen molar-refractivity contribution in [3.8, 4) is 0 Å². The first kappa shape index (κ1) is 22.2. The summed E-state index contributed by atoms with van der Waals surface area (Å²) < 4.78 is 60.2. The molecule has 136 valence electrons. The van der Waals surface area contributed by atoms with E-state index in [0.29, 0.717) is 0 Å². The number of thioether (sulfide) groups is 1. The minimum absolute atomic E-state index is 0.00198. The van der Waals surface area contributed by atoms with Gasteiger partial charge in [0, 0.05) is 18.2 Å². The summed E-state index contributed by atoms with van der Waals surface area (Å²) in [5.41, 5.74) is -0.748. The first-order chi connectivity index (χ1) is 10.3. The molecule has 0 saturated carbocycles. The molecular weight excluding hydrogens is 358 g/mol. The van der Waals surface area contributed by atoms with Crippen molar-refractivity contribution < 1.29 is 31.8 Å². The highest BCUT2D eigenvalue weighted by atomic mass is 32.2. The number of hydrogen-bond donors (Lipinski definition) is 1. The fraction of sp³-hybridized carbons (Fsp3) is 0.846. The summed E-state index contributed by atoms with van der Waals surface area (Å²) in [4.78, 5) is 11.5. The summed E-state index contributed by atoms with van der Waals surface area (Å²) in [7, 11) is 0. The number of alkyl halides is 4. The third-order valence-electron chi connectivity index (χ3n) is 2.22. The van der Waals surface area contributed by atoms with E-state index in [1.807, 2.05) is 0 Å². The van der Waals surface area contributed by atoms with Gasteiger partial charge in [-0.1, -0.05) is 11.8 Å². The Balaban J connectivity index is 4.66. The van der Waals surface area contributed by atoms with Gasteiger partial charge < -0.3 is 14.8 Å². The second kappa shape index (κ2) is 9.51. The van der Waals surface area contributed by atoms with E-state index in [4.69, 9.17) is 21.7 Å². The lowest BCUT2D eigenvalue weighted by Gasteiger charge is -2.23. The second-order valence-corrected chi connectivity index (χ2v) is 7.45. The van der Waals surface area contributed by atoms with Crippen molar-refractivity contribution in [2.24, 2.45) is 0 Å².